The molecule has 1 aliphatic carbocycles. The van der Waals surface area contributed by atoms with Crippen LogP contribution >= 0.6 is 0 Å². The van der Waals surface area contributed by atoms with Crippen LogP contribution in [0, 0.1) is 6.42 Å². The number of ether oxygens (including phenoxy) is 1. The van der Waals surface area contributed by atoms with Crippen LogP contribution in [0.4, 0.5) is 0 Å². The minimum atomic E-state index is -0.110. The summed E-state index contributed by atoms with van der Waals surface area (Å²) in [5.74, 6) is 0.523. The topological polar surface area (TPSA) is 61.8 Å². The molecule has 0 atom stereocenters. The minimum Gasteiger partial charge on any atom is -0.484 e. The molecule has 1 radical (unpaired) electrons. The standard InChI is InChI=1S/C18H27N2O3/c1-20(16-5-3-2-4-6-16)12-11-19-18(22)14-23-17-9-7-15(13-21)8-10-17/h2,7-10,16,21H,3-6,11-14H2,1H3,(H,19,22). The van der Waals surface area contributed by atoms with E-state index in [1.807, 2.05) is 0 Å². The lowest BCUT2D eigenvalue weighted by Gasteiger charge is -2.31. The smallest absolute Gasteiger partial charge is 0.257 e. The molecule has 0 unspecified atom stereocenters. The molecule has 5 heteroatoms. The number of amides is 1. The van der Waals surface area contributed by atoms with Gasteiger partial charge < -0.3 is 20.1 Å². The highest BCUT2D eigenvalue weighted by Crippen LogP contribution is 2.20. The highest BCUT2D eigenvalue weighted by Gasteiger charge is 2.17. The lowest BCUT2D eigenvalue weighted by molar-refractivity contribution is -0.123. The van der Waals surface area contributed by atoms with Crippen molar-refractivity contribution in [3.8, 4) is 5.75 Å². The van der Waals surface area contributed by atoms with Gasteiger partial charge in [0.1, 0.15) is 5.75 Å². The van der Waals surface area contributed by atoms with Crippen molar-refractivity contribution < 1.29 is 14.6 Å². The van der Waals surface area contributed by atoms with E-state index in [1.165, 1.54) is 25.7 Å². The molecule has 23 heavy (non-hydrogen) atoms. The summed E-state index contributed by atoms with van der Waals surface area (Å²) in [6.07, 6.45) is 7.19. The van der Waals surface area contributed by atoms with Crippen LogP contribution in [0.25, 0.3) is 0 Å². The number of likely N-dealkylation sites (N-methyl/N-ethyl adjacent to an activating group) is 1. The molecule has 0 saturated heterocycles. The summed E-state index contributed by atoms with van der Waals surface area (Å²) in [7, 11) is 2.13. The third-order valence-corrected chi connectivity index (χ3v) is 4.29. The van der Waals surface area contributed by atoms with Gasteiger partial charge in [-0.25, -0.2) is 0 Å². The number of aliphatic hydroxyl groups is 1. The number of carbonyl (C=O) groups excluding carboxylic acids is 1. The molecule has 2 rings (SSSR count). The Kier molecular flexibility index (Phi) is 7.36. The number of rotatable bonds is 8. The molecule has 1 aromatic carbocycles. The number of aliphatic hydroxyl groups excluding tert-OH is 1. The Labute approximate surface area is 138 Å². The van der Waals surface area contributed by atoms with Gasteiger partial charge in [0.15, 0.2) is 6.61 Å². The van der Waals surface area contributed by atoms with E-state index in [9.17, 15) is 4.79 Å². The molecule has 1 saturated carbocycles. The molecule has 0 heterocycles. The van der Waals surface area contributed by atoms with E-state index >= 15 is 0 Å². The maximum atomic E-state index is 11.8. The second-order valence-electron chi connectivity index (χ2n) is 6.02. The van der Waals surface area contributed by atoms with E-state index in [1.54, 1.807) is 24.3 Å². The number of hydrogen-bond donors (Lipinski definition) is 2. The maximum Gasteiger partial charge on any atom is 0.257 e. The summed E-state index contributed by atoms with van der Waals surface area (Å²) in [5.41, 5.74) is 0.824. The van der Waals surface area contributed by atoms with Crippen molar-refractivity contribution >= 4 is 5.91 Å². The average molecular weight is 319 g/mol. The van der Waals surface area contributed by atoms with Crippen molar-refractivity contribution in [2.24, 2.45) is 0 Å². The fourth-order valence-corrected chi connectivity index (χ4v) is 2.80. The summed E-state index contributed by atoms with van der Waals surface area (Å²) < 4.78 is 5.43. The van der Waals surface area contributed by atoms with Gasteiger partial charge in [-0.1, -0.05) is 12.1 Å². The Balaban J connectivity index is 1.60. The van der Waals surface area contributed by atoms with Gasteiger partial charge in [0, 0.05) is 19.1 Å². The van der Waals surface area contributed by atoms with Crippen LogP contribution in [0.3, 0.4) is 0 Å². The quantitative estimate of drug-likeness (QED) is 0.766. The first-order chi connectivity index (χ1) is 11.2. The minimum absolute atomic E-state index is 0.00725. The number of nitrogens with one attached hydrogen (secondary N) is 1. The zero-order valence-corrected chi connectivity index (χ0v) is 13.8. The van der Waals surface area contributed by atoms with Gasteiger partial charge in [-0.2, -0.15) is 0 Å². The SMILES string of the molecule is CN(CCNC(=O)COc1ccc(CO)cc1)C1CC[CH]CC1. The predicted molar refractivity (Wildman–Crippen MR) is 90.1 cm³/mol. The fourth-order valence-electron chi connectivity index (χ4n) is 2.80. The van der Waals surface area contributed by atoms with Crippen molar-refractivity contribution in [2.45, 2.75) is 38.3 Å². The van der Waals surface area contributed by atoms with Gasteiger partial charge >= 0.3 is 0 Å². The molecule has 0 bridgehead atoms. The molecule has 1 amide bonds. The molecule has 127 valence electrons. The van der Waals surface area contributed by atoms with Gasteiger partial charge in [-0.05, 0) is 56.8 Å². The second-order valence-corrected chi connectivity index (χ2v) is 6.02. The van der Waals surface area contributed by atoms with E-state index in [0.717, 1.165) is 12.1 Å². The van der Waals surface area contributed by atoms with Gasteiger partial charge in [0.25, 0.3) is 5.91 Å². The molecule has 1 aliphatic rings. The van der Waals surface area contributed by atoms with Crippen molar-refractivity contribution in [2.75, 3.05) is 26.7 Å². The van der Waals surface area contributed by atoms with Crippen LogP contribution in [0.15, 0.2) is 24.3 Å². The Bertz CT molecular complexity index is 470. The first-order valence-corrected chi connectivity index (χ1v) is 8.30. The number of carbonyl (C=O) groups is 1. The highest BCUT2D eigenvalue weighted by molar-refractivity contribution is 5.77. The molecule has 2 N–H and O–H groups in total. The molecule has 0 spiro atoms. The van der Waals surface area contributed by atoms with E-state index in [-0.39, 0.29) is 19.1 Å². The molecular formula is C18H27N2O3. The third kappa shape index (κ3) is 6.20. The zero-order chi connectivity index (χ0) is 16.5. The summed E-state index contributed by atoms with van der Waals surface area (Å²) in [6, 6.07) is 7.71. The van der Waals surface area contributed by atoms with Crippen LogP contribution in [0.5, 0.6) is 5.75 Å². The van der Waals surface area contributed by atoms with Gasteiger partial charge in [-0.15, -0.1) is 0 Å². The number of benzene rings is 1. The first-order valence-electron chi connectivity index (χ1n) is 8.30. The van der Waals surface area contributed by atoms with Crippen LogP contribution in [-0.2, 0) is 11.4 Å². The van der Waals surface area contributed by atoms with E-state index < -0.39 is 0 Å². The summed E-state index contributed by atoms with van der Waals surface area (Å²) in [4.78, 5) is 14.1. The third-order valence-electron chi connectivity index (χ3n) is 4.29. The van der Waals surface area contributed by atoms with E-state index in [0.29, 0.717) is 18.3 Å². The van der Waals surface area contributed by atoms with Gasteiger partial charge in [0.05, 0.1) is 6.61 Å². The van der Waals surface area contributed by atoms with Crippen molar-refractivity contribution in [3.63, 3.8) is 0 Å². The zero-order valence-electron chi connectivity index (χ0n) is 13.8. The average Bonchev–Trinajstić information content (AvgIpc) is 2.61. The lowest BCUT2D eigenvalue weighted by atomic mass is 9.94. The van der Waals surface area contributed by atoms with Crippen molar-refractivity contribution in [3.05, 3.63) is 36.2 Å². The van der Waals surface area contributed by atoms with Crippen molar-refractivity contribution in [1.29, 1.82) is 0 Å². The maximum absolute atomic E-state index is 11.8. The predicted octanol–water partition coefficient (Wildman–Crippen LogP) is 1.75. The Morgan fingerprint density at radius 3 is 2.65 bits per heavy atom. The number of hydrogen-bond acceptors (Lipinski definition) is 4. The molecular weight excluding hydrogens is 292 g/mol. The van der Waals surface area contributed by atoms with Gasteiger partial charge in [-0.3, -0.25) is 4.79 Å². The summed E-state index contributed by atoms with van der Waals surface area (Å²) in [5, 5.41) is 11.9. The molecule has 1 fully saturated rings. The van der Waals surface area contributed by atoms with Crippen LogP contribution < -0.4 is 10.1 Å². The van der Waals surface area contributed by atoms with Crippen molar-refractivity contribution in [1.82, 2.24) is 10.2 Å². The van der Waals surface area contributed by atoms with Crippen LogP contribution in [0.1, 0.15) is 31.2 Å². The molecule has 5 nitrogen and oxygen atoms in total. The van der Waals surface area contributed by atoms with Crippen LogP contribution in [-0.4, -0.2) is 48.7 Å². The molecule has 0 aliphatic heterocycles. The molecule has 1 aromatic rings. The Morgan fingerprint density at radius 2 is 2.00 bits per heavy atom. The normalized spacial score (nSPS) is 15.6. The van der Waals surface area contributed by atoms with Gasteiger partial charge in [0.2, 0.25) is 0 Å². The summed E-state index contributed by atoms with van der Waals surface area (Å²) in [6.45, 7) is 1.53. The largest absolute Gasteiger partial charge is 0.484 e. The lowest BCUT2D eigenvalue weighted by Crippen LogP contribution is -2.40. The summed E-state index contributed by atoms with van der Waals surface area (Å²) >= 11 is 0. The highest BCUT2D eigenvalue weighted by atomic mass is 16.5. The van der Waals surface area contributed by atoms with E-state index in [2.05, 4.69) is 23.7 Å². The Morgan fingerprint density at radius 1 is 1.30 bits per heavy atom. The molecule has 0 aromatic heterocycles. The monoisotopic (exact) mass is 319 g/mol. The fraction of sp³-hybridized carbons (Fsp3) is 0.556. The first kappa shape index (κ1) is 17.8. The Hall–Kier alpha value is -1.59. The second kappa shape index (κ2) is 9.53. The van der Waals surface area contributed by atoms with Crippen LogP contribution in [0.2, 0.25) is 0 Å². The van der Waals surface area contributed by atoms with E-state index in [4.69, 9.17) is 9.84 Å². The number of nitrogens with zero attached hydrogens (tertiary/aromatic N) is 1.